The van der Waals surface area contributed by atoms with E-state index in [-0.39, 0.29) is 30.1 Å². The normalized spacial score (nSPS) is 18.7. The van der Waals surface area contributed by atoms with E-state index in [0.717, 1.165) is 24.4 Å². The summed E-state index contributed by atoms with van der Waals surface area (Å²) in [6.45, 7) is 15.4. The molecule has 1 aliphatic heterocycles. The number of carbonyl (C=O) groups excluding carboxylic acids is 3. The molecule has 0 unspecified atom stereocenters. The monoisotopic (exact) mass is 619 g/mol. The number of nitrogens with zero attached hydrogens (tertiary/aromatic N) is 6. The predicted octanol–water partition coefficient (Wildman–Crippen LogP) is 4.67. The number of aryl methyl sites for hydroxylation is 1. The van der Waals surface area contributed by atoms with E-state index in [0.29, 0.717) is 62.0 Å². The van der Waals surface area contributed by atoms with Gasteiger partial charge in [0.15, 0.2) is 0 Å². The Morgan fingerprint density at radius 2 is 1.82 bits per heavy atom. The van der Waals surface area contributed by atoms with Crippen molar-refractivity contribution in [2.75, 3.05) is 33.2 Å². The van der Waals surface area contributed by atoms with E-state index >= 15 is 0 Å². The van der Waals surface area contributed by atoms with Gasteiger partial charge in [0.2, 0.25) is 11.8 Å². The summed E-state index contributed by atoms with van der Waals surface area (Å²) in [6, 6.07) is 10.5. The Balaban J connectivity index is 1.72. The van der Waals surface area contributed by atoms with Crippen LogP contribution >= 0.6 is 0 Å². The number of hydrogen-bond donors (Lipinski definition) is 1. The first-order valence-corrected chi connectivity index (χ1v) is 16.2. The van der Waals surface area contributed by atoms with Gasteiger partial charge in [-0.15, -0.1) is 0 Å². The number of aromatic nitrogens is 3. The van der Waals surface area contributed by atoms with Crippen LogP contribution in [0.25, 0.3) is 11.3 Å². The maximum Gasteiger partial charge on any atom is 0.257 e. The van der Waals surface area contributed by atoms with E-state index in [9.17, 15) is 14.4 Å². The van der Waals surface area contributed by atoms with E-state index < -0.39 is 12.1 Å². The lowest BCUT2D eigenvalue weighted by atomic mass is 10.0. The lowest BCUT2D eigenvalue weighted by Gasteiger charge is -2.29. The van der Waals surface area contributed by atoms with Crippen LogP contribution in [0.4, 0.5) is 0 Å². The van der Waals surface area contributed by atoms with Gasteiger partial charge in [0.05, 0.1) is 24.7 Å². The molecule has 2 aromatic heterocycles. The predicted molar refractivity (Wildman–Crippen MR) is 173 cm³/mol. The molecule has 0 saturated carbocycles. The average Bonchev–Trinajstić information content (AvgIpc) is 3.62. The maximum atomic E-state index is 14.4. The quantitative estimate of drug-likeness (QED) is 0.389. The third-order valence-corrected chi connectivity index (χ3v) is 8.51. The summed E-state index contributed by atoms with van der Waals surface area (Å²) < 4.78 is 8.17. The Kier molecular flexibility index (Phi) is 11.6. The molecule has 45 heavy (non-hydrogen) atoms. The first kappa shape index (κ1) is 33.9. The van der Waals surface area contributed by atoms with Crippen LogP contribution in [0.3, 0.4) is 0 Å². The SMILES string of the molecule is CCN(CC)Cc1cc(C(=O)N2CCCC(=O)N(C)[C@@H](C)C(=O)N[C@H](CC(C)C)c3nc(C)nn3CC2)c(-c2ccccc2)o1. The number of likely N-dealkylation sites (N-methyl/N-ethyl adjacent to an activating group) is 1. The van der Waals surface area contributed by atoms with Gasteiger partial charge in [-0.05, 0) is 51.8 Å². The zero-order valence-corrected chi connectivity index (χ0v) is 27.9. The maximum absolute atomic E-state index is 14.4. The van der Waals surface area contributed by atoms with Crippen molar-refractivity contribution in [3.63, 3.8) is 0 Å². The highest BCUT2D eigenvalue weighted by atomic mass is 16.3. The fourth-order valence-electron chi connectivity index (χ4n) is 5.73. The van der Waals surface area contributed by atoms with Gasteiger partial charge in [-0.25, -0.2) is 9.67 Å². The number of nitrogens with one attached hydrogen (secondary N) is 1. The first-order valence-electron chi connectivity index (χ1n) is 16.2. The largest absolute Gasteiger partial charge is 0.459 e. The molecule has 11 heteroatoms. The Morgan fingerprint density at radius 1 is 1.11 bits per heavy atom. The number of benzene rings is 1. The van der Waals surface area contributed by atoms with Crippen molar-refractivity contribution >= 4 is 17.7 Å². The van der Waals surface area contributed by atoms with Gasteiger partial charge in [-0.1, -0.05) is 58.0 Å². The van der Waals surface area contributed by atoms with Crippen molar-refractivity contribution in [2.45, 2.75) is 86.0 Å². The Labute approximate surface area is 267 Å². The minimum absolute atomic E-state index is 0.142. The van der Waals surface area contributed by atoms with Crippen molar-refractivity contribution in [3.05, 3.63) is 59.4 Å². The second kappa shape index (κ2) is 15.3. The molecule has 11 nitrogen and oxygen atoms in total. The second-order valence-corrected chi connectivity index (χ2v) is 12.3. The van der Waals surface area contributed by atoms with Crippen molar-refractivity contribution in [1.82, 2.24) is 34.8 Å². The summed E-state index contributed by atoms with van der Waals surface area (Å²) in [7, 11) is 1.65. The van der Waals surface area contributed by atoms with Gasteiger partial charge in [-0.2, -0.15) is 5.10 Å². The van der Waals surface area contributed by atoms with Crippen LogP contribution in [0.1, 0.15) is 87.7 Å². The molecule has 3 heterocycles. The van der Waals surface area contributed by atoms with Gasteiger partial charge < -0.3 is 19.5 Å². The van der Waals surface area contributed by atoms with Crippen LogP contribution in [0, 0.1) is 12.8 Å². The molecule has 0 saturated heterocycles. The molecule has 0 bridgehead atoms. The van der Waals surface area contributed by atoms with Crippen LogP contribution in [0.5, 0.6) is 0 Å². The van der Waals surface area contributed by atoms with E-state index in [1.807, 2.05) is 48.0 Å². The Hall–Kier alpha value is -3.99. The van der Waals surface area contributed by atoms with Crippen LogP contribution in [0.15, 0.2) is 40.8 Å². The minimum atomic E-state index is -0.658. The summed E-state index contributed by atoms with van der Waals surface area (Å²) >= 11 is 0. The van der Waals surface area contributed by atoms with Gasteiger partial charge in [0.1, 0.15) is 29.2 Å². The first-order chi connectivity index (χ1) is 21.5. The van der Waals surface area contributed by atoms with Gasteiger partial charge in [0, 0.05) is 32.1 Å². The summed E-state index contributed by atoms with van der Waals surface area (Å²) in [5.41, 5.74) is 1.34. The molecule has 0 fully saturated rings. The standard InChI is InChI=1S/C34H49N7O4/c1-8-39(9-2)22-27-21-28(31(45-27)26-14-11-10-12-15-26)34(44)40-17-13-16-30(42)38(7)24(5)33(43)36-29(20-23(3)4)32-35-25(6)37-41(32)19-18-40/h10-12,14-15,21,23-24,29H,8-9,13,16-20,22H2,1-7H3,(H,36,43)/t24-,29+/m0/s1. The zero-order chi connectivity index (χ0) is 32.7. The summed E-state index contributed by atoms with van der Waals surface area (Å²) in [4.78, 5) is 51.0. The van der Waals surface area contributed by atoms with Gasteiger partial charge >= 0.3 is 0 Å². The van der Waals surface area contributed by atoms with E-state index in [1.165, 1.54) is 4.90 Å². The number of furan rings is 1. The lowest BCUT2D eigenvalue weighted by Crippen LogP contribution is -2.47. The van der Waals surface area contributed by atoms with Gasteiger partial charge in [0.25, 0.3) is 5.91 Å². The lowest BCUT2D eigenvalue weighted by molar-refractivity contribution is -0.138. The van der Waals surface area contributed by atoms with Gasteiger partial charge in [-0.3, -0.25) is 19.3 Å². The van der Waals surface area contributed by atoms with E-state index in [2.05, 4.69) is 43.0 Å². The topological polar surface area (TPSA) is 117 Å². The average molecular weight is 620 g/mol. The zero-order valence-electron chi connectivity index (χ0n) is 27.9. The van der Waals surface area contributed by atoms with Crippen molar-refractivity contribution < 1.29 is 18.8 Å². The minimum Gasteiger partial charge on any atom is -0.459 e. The molecular formula is C34H49N7O4. The third kappa shape index (κ3) is 8.39. The molecule has 0 aliphatic carbocycles. The molecule has 1 N–H and O–H groups in total. The third-order valence-electron chi connectivity index (χ3n) is 8.51. The molecule has 3 aromatic rings. The van der Waals surface area contributed by atoms with Crippen molar-refractivity contribution in [1.29, 1.82) is 0 Å². The highest BCUT2D eigenvalue weighted by Gasteiger charge is 2.30. The summed E-state index contributed by atoms with van der Waals surface area (Å²) in [5, 5.41) is 7.80. The molecule has 0 radical (unpaired) electrons. The number of carbonyl (C=O) groups is 3. The second-order valence-electron chi connectivity index (χ2n) is 12.3. The Morgan fingerprint density at radius 3 is 2.49 bits per heavy atom. The number of hydrogen-bond acceptors (Lipinski definition) is 7. The van der Waals surface area contributed by atoms with E-state index in [4.69, 9.17) is 9.40 Å². The number of rotatable bonds is 8. The van der Waals surface area contributed by atoms with Crippen LogP contribution in [0.2, 0.25) is 0 Å². The van der Waals surface area contributed by atoms with Crippen LogP contribution in [-0.2, 0) is 22.7 Å². The highest BCUT2D eigenvalue weighted by molar-refractivity contribution is 6.00. The van der Waals surface area contributed by atoms with Crippen molar-refractivity contribution in [3.8, 4) is 11.3 Å². The molecule has 0 spiro atoms. The van der Waals surface area contributed by atoms with Crippen molar-refractivity contribution in [2.24, 2.45) is 5.92 Å². The smallest absolute Gasteiger partial charge is 0.257 e. The number of amides is 3. The number of fused-ring (bicyclic) bond motifs is 1. The van der Waals surface area contributed by atoms with Crippen LogP contribution < -0.4 is 5.32 Å². The van der Waals surface area contributed by atoms with Crippen LogP contribution in [-0.4, -0.2) is 86.5 Å². The summed E-state index contributed by atoms with van der Waals surface area (Å²) in [6.07, 6.45) is 1.32. The molecule has 2 atom stereocenters. The van der Waals surface area contributed by atoms with E-state index in [1.54, 1.807) is 18.9 Å². The molecule has 1 aliphatic rings. The molecule has 4 rings (SSSR count). The fourth-order valence-corrected chi connectivity index (χ4v) is 5.73. The Bertz CT molecular complexity index is 1440. The summed E-state index contributed by atoms with van der Waals surface area (Å²) in [5.74, 6) is 2.26. The molecule has 3 amide bonds. The molecule has 1 aromatic carbocycles. The fraction of sp³-hybridized carbons (Fsp3) is 0.559. The highest BCUT2D eigenvalue weighted by Crippen LogP contribution is 2.30. The molecular weight excluding hydrogens is 570 g/mol. The molecule has 244 valence electrons.